The van der Waals surface area contributed by atoms with Crippen molar-refractivity contribution in [2.75, 3.05) is 7.11 Å². The molecule has 3 heteroatoms. The zero-order chi connectivity index (χ0) is 10.7. The van der Waals surface area contributed by atoms with Crippen LogP contribution in [0.15, 0.2) is 6.07 Å². The second kappa shape index (κ2) is 4.44. The Kier molecular flexibility index (Phi) is 3.49. The smallest absolute Gasteiger partial charge is 0.127 e. The van der Waals surface area contributed by atoms with Crippen LogP contribution in [0, 0.1) is 20.8 Å². The molecule has 0 unspecified atom stereocenters. The summed E-state index contributed by atoms with van der Waals surface area (Å²) < 4.78 is 5.35. The Hall–Kier alpha value is -1.06. The molecular weight excluding hydrogens is 178 g/mol. The fourth-order valence-electron chi connectivity index (χ4n) is 1.64. The van der Waals surface area contributed by atoms with Crippen LogP contribution in [0.4, 0.5) is 0 Å². The summed E-state index contributed by atoms with van der Waals surface area (Å²) in [4.78, 5) is 4.67. The largest absolute Gasteiger partial charge is 0.496 e. The fraction of sp³-hybridized carbons (Fsp3) is 0.455. The maximum Gasteiger partial charge on any atom is 0.127 e. The van der Waals surface area contributed by atoms with Crippen LogP contribution in [0.3, 0.4) is 0 Å². The highest BCUT2D eigenvalue weighted by Crippen LogP contribution is 2.29. The lowest BCUT2D eigenvalue weighted by Gasteiger charge is -2.15. The molecule has 3 nitrogen and oxygen atoms in total. The van der Waals surface area contributed by atoms with Crippen molar-refractivity contribution < 1.29 is 9.57 Å². The average Bonchev–Trinajstić information content (AvgIpc) is 2.15. The number of methoxy groups -OCH3 is 1. The summed E-state index contributed by atoms with van der Waals surface area (Å²) in [6.45, 7) is 6.52. The third-order valence-corrected chi connectivity index (χ3v) is 2.55. The summed E-state index contributed by atoms with van der Waals surface area (Å²) in [6.07, 6.45) is 0. The molecule has 1 rings (SSSR count). The van der Waals surface area contributed by atoms with Gasteiger partial charge in [-0.25, -0.2) is 5.90 Å². The lowest BCUT2D eigenvalue weighted by Crippen LogP contribution is -2.05. The van der Waals surface area contributed by atoms with Gasteiger partial charge in [0.1, 0.15) is 5.75 Å². The van der Waals surface area contributed by atoms with Gasteiger partial charge in [-0.1, -0.05) is 6.07 Å². The Morgan fingerprint density at radius 1 is 1.21 bits per heavy atom. The molecule has 2 N–H and O–H groups in total. The van der Waals surface area contributed by atoms with E-state index in [-0.39, 0.29) is 0 Å². The summed E-state index contributed by atoms with van der Waals surface area (Å²) in [6, 6.07) is 2.12. The number of benzene rings is 1. The first kappa shape index (κ1) is 11.0. The molecule has 0 aliphatic heterocycles. The predicted molar refractivity (Wildman–Crippen MR) is 56.2 cm³/mol. The molecule has 0 saturated carbocycles. The van der Waals surface area contributed by atoms with E-state index in [1.807, 2.05) is 13.8 Å². The van der Waals surface area contributed by atoms with E-state index in [0.717, 1.165) is 22.4 Å². The van der Waals surface area contributed by atoms with Crippen LogP contribution in [-0.2, 0) is 11.4 Å². The highest BCUT2D eigenvalue weighted by Gasteiger charge is 2.11. The second-order valence-corrected chi connectivity index (χ2v) is 3.46. The van der Waals surface area contributed by atoms with Crippen molar-refractivity contribution >= 4 is 0 Å². The molecule has 0 aromatic heterocycles. The number of hydrogen-bond acceptors (Lipinski definition) is 3. The molecule has 0 aliphatic rings. The summed E-state index contributed by atoms with van der Waals surface area (Å²) >= 11 is 0. The van der Waals surface area contributed by atoms with Crippen LogP contribution < -0.4 is 10.6 Å². The van der Waals surface area contributed by atoms with Crippen LogP contribution >= 0.6 is 0 Å². The number of hydrogen-bond donors (Lipinski definition) is 1. The van der Waals surface area contributed by atoms with Gasteiger partial charge >= 0.3 is 0 Å². The normalized spacial score (nSPS) is 10.4. The first-order valence-corrected chi connectivity index (χ1v) is 4.57. The summed E-state index contributed by atoms with van der Waals surface area (Å²) in [5.41, 5.74) is 4.54. The van der Waals surface area contributed by atoms with Crippen molar-refractivity contribution in [3.8, 4) is 5.75 Å². The van der Waals surface area contributed by atoms with Gasteiger partial charge in [0.25, 0.3) is 0 Å². The van der Waals surface area contributed by atoms with Gasteiger partial charge in [0.05, 0.1) is 13.7 Å². The van der Waals surface area contributed by atoms with Crippen molar-refractivity contribution in [2.24, 2.45) is 5.90 Å². The zero-order valence-electron chi connectivity index (χ0n) is 9.18. The van der Waals surface area contributed by atoms with E-state index >= 15 is 0 Å². The zero-order valence-corrected chi connectivity index (χ0v) is 9.18. The second-order valence-electron chi connectivity index (χ2n) is 3.46. The lowest BCUT2D eigenvalue weighted by atomic mass is 9.99. The van der Waals surface area contributed by atoms with E-state index < -0.39 is 0 Å². The molecule has 0 radical (unpaired) electrons. The molecule has 1 aromatic carbocycles. The van der Waals surface area contributed by atoms with Crippen LogP contribution in [-0.4, -0.2) is 7.11 Å². The first-order valence-electron chi connectivity index (χ1n) is 4.57. The third kappa shape index (κ3) is 1.89. The molecule has 14 heavy (non-hydrogen) atoms. The highest BCUT2D eigenvalue weighted by molar-refractivity contribution is 5.49. The Labute approximate surface area is 84.8 Å². The summed E-state index contributed by atoms with van der Waals surface area (Å²) in [5, 5.41) is 0. The maximum atomic E-state index is 5.35. The van der Waals surface area contributed by atoms with Crippen LogP contribution in [0.2, 0.25) is 0 Å². The number of aryl methyl sites for hydroxylation is 2. The molecule has 0 heterocycles. The summed E-state index contributed by atoms with van der Waals surface area (Å²) in [7, 11) is 1.67. The number of ether oxygens (including phenoxy) is 1. The third-order valence-electron chi connectivity index (χ3n) is 2.55. The van der Waals surface area contributed by atoms with Crippen LogP contribution in [0.25, 0.3) is 0 Å². The summed E-state index contributed by atoms with van der Waals surface area (Å²) in [5.74, 6) is 5.97. The van der Waals surface area contributed by atoms with Crippen LogP contribution in [0.1, 0.15) is 22.3 Å². The minimum atomic E-state index is 0.385. The molecule has 1 aromatic rings. The molecule has 0 fully saturated rings. The number of nitrogens with two attached hydrogens (primary N) is 1. The van der Waals surface area contributed by atoms with Gasteiger partial charge in [-0.2, -0.15) is 0 Å². The highest BCUT2D eigenvalue weighted by atomic mass is 16.6. The quantitative estimate of drug-likeness (QED) is 0.750. The minimum Gasteiger partial charge on any atom is -0.496 e. The Bertz CT molecular complexity index is 335. The van der Waals surface area contributed by atoms with E-state index in [2.05, 4.69) is 17.8 Å². The Morgan fingerprint density at radius 3 is 2.36 bits per heavy atom. The van der Waals surface area contributed by atoms with Gasteiger partial charge in [0.15, 0.2) is 0 Å². The topological polar surface area (TPSA) is 44.5 Å². The monoisotopic (exact) mass is 195 g/mol. The lowest BCUT2D eigenvalue weighted by molar-refractivity contribution is 0.121. The molecule has 0 saturated heterocycles. The predicted octanol–water partition coefficient (Wildman–Crippen LogP) is 2.01. The molecule has 0 spiro atoms. The first-order chi connectivity index (χ1) is 6.61. The molecule has 0 aliphatic carbocycles. The van der Waals surface area contributed by atoms with E-state index in [0.29, 0.717) is 6.61 Å². The van der Waals surface area contributed by atoms with E-state index in [4.69, 9.17) is 10.6 Å². The van der Waals surface area contributed by atoms with E-state index in [1.54, 1.807) is 7.11 Å². The fourth-order valence-corrected chi connectivity index (χ4v) is 1.64. The Morgan fingerprint density at radius 2 is 1.86 bits per heavy atom. The maximum absolute atomic E-state index is 5.35. The van der Waals surface area contributed by atoms with Crippen molar-refractivity contribution in [1.82, 2.24) is 0 Å². The minimum absolute atomic E-state index is 0.385. The average molecular weight is 195 g/mol. The Balaban J connectivity index is 3.31. The molecule has 78 valence electrons. The van der Waals surface area contributed by atoms with E-state index in [1.165, 1.54) is 5.56 Å². The van der Waals surface area contributed by atoms with Gasteiger partial charge < -0.3 is 4.74 Å². The van der Waals surface area contributed by atoms with Crippen molar-refractivity contribution in [3.05, 3.63) is 28.3 Å². The van der Waals surface area contributed by atoms with E-state index in [9.17, 15) is 0 Å². The standard InChI is InChI=1S/C11H17NO2/c1-7-5-8(2)10(6-14-12)11(13-4)9(7)3/h5H,6,12H2,1-4H3. The number of rotatable bonds is 3. The molecule has 0 atom stereocenters. The van der Waals surface area contributed by atoms with Gasteiger partial charge in [0, 0.05) is 5.56 Å². The van der Waals surface area contributed by atoms with Crippen molar-refractivity contribution in [1.29, 1.82) is 0 Å². The van der Waals surface area contributed by atoms with Gasteiger partial charge in [-0.15, -0.1) is 0 Å². The molecule has 0 bridgehead atoms. The molecular formula is C11H17NO2. The SMILES string of the molecule is COc1c(C)c(C)cc(C)c1CON. The van der Waals surface area contributed by atoms with Gasteiger partial charge in [-0.05, 0) is 37.5 Å². The molecule has 0 amide bonds. The van der Waals surface area contributed by atoms with Gasteiger partial charge in [-0.3, -0.25) is 4.84 Å². The van der Waals surface area contributed by atoms with Crippen LogP contribution in [0.5, 0.6) is 5.75 Å². The van der Waals surface area contributed by atoms with Crippen molar-refractivity contribution in [2.45, 2.75) is 27.4 Å². The van der Waals surface area contributed by atoms with Gasteiger partial charge in [0.2, 0.25) is 0 Å². The van der Waals surface area contributed by atoms with Crippen molar-refractivity contribution in [3.63, 3.8) is 0 Å².